The first kappa shape index (κ1) is 9.30. The van der Waals surface area contributed by atoms with Crippen molar-refractivity contribution in [2.75, 3.05) is 7.11 Å². The molecule has 76 valence electrons. The standard InChI is InChI=1S/C9H11NO4/c1-14-7(12)9(6(11)10-13)5-8(9)3-2-4-8/h2-5H2,1H3. The molecule has 2 saturated carbocycles. The molecule has 2 aliphatic carbocycles. The van der Waals surface area contributed by atoms with Gasteiger partial charge < -0.3 is 4.74 Å². The van der Waals surface area contributed by atoms with Crippen LogP contribution in [0.4, 0.5) is 0 Å². The number of methoxy groups -OCH3 is 1. The van der Waals surface area contributed by atoms with Crippen LogP contribution in [0.15, 0.2) is 5.18 Å². The smallest absolute Gasteiger partial charge is 0.322 e. The average molecular weight is 197 g/mol. The number of ether oxygens (including phenoxy) is 1. The molecule has 14 heavy (non-hydrogen) atoms. The number of carbonyl (C=O) groups is 2. The topological polar surface area (TPSA) is 72.8 Å². The van der Waals surface area contributed by atoms with Crippen LogP contribution in [0, 0.1) is 15.7 Å². The molecule has 0 aromatic carbocycles. The van der Waals surface area contributed by atoms with Crippen molar-refractivity contribution in [2.24, 2.45) is 16.0 Å². The van der Waals surface area contributed by atoms with E-state index in [9.17, 15) is 14.5 Å². The van der Waals surface area contributed by atoms with Gasteiger partial charge in [-0.15, -0.1) is 4.91 Å². The summed E-state index contributed by atoms with van der Waals surface area (Å²) in [7, 11) is 1.23. The maximum atomic E-state index is 11.5. The Morgan fingerprint density at radius 3 is 2.29 bits per heavy atom. The van der Waals surface area contributed by atoms with E-state index in [-0.39, 0.29) is 5.41 Å². The zero-order valence-corrected chi connectivity index (χ0v) is 7.91. The first-order chi connectivity index (χ1) is 6.63. The number of nitroso groups, excluding NO2 is 1. The van der Waals surface area contributed by atoms with E-state index in [1.54, 1.807) is 0 Å². The van der Waals surface area contributed by atoms with Crippen LogP contribution in [-0.4, -0.2) is 19.0 Å². The Labute approximate surface area is 80.8 Å². The van der Waals surface area contributed by atoms with Crippen molar-refractivity contribution < 1.29 is 14.3 Å². The molecule has 1 atom stereocenters. The number of nitrogens with zero attached hydrogens (tertiary/aromatic N) is 1. The second-order valence-corrected chi connectivity index (χ2v) is 4.10. The van der Waals surface area contributed by atoms with Gasteiger partial charge in [0, 0.05) is 5.18 Å². The molecule has 1 amide bonds. The highest BCUT2D eigenvalue weighted by Gasteiger charge is 2.79. The van der Waals surface area contributed by atoms with E-state index in [1.165, 1.54) is 7.11 Å². The quantitative estimate of drug-likeness (QED) is 0.376. The van der Waals surface area contributed by atoms with Crippen LogP contribution in [0.3, 0.4) is 0 Å². The number of esters is 1. The van der Waals surface area contributed by atoms with Crippen molar-refractivity contribution in [3.63, 3.8) is 0 Å². The van der Waals surface area contributed by atoms with Gasteiger partial charge in [0.15, 0.2) is 5.41 Å². The van der Waals surface area contributed by atoms with E-state index < -0.39 is 17.3 Å². The van der Waals surface area contributed by atoms with Crippen LogP contribution in [0.1, 0.15) is 25.7 Å². The second-order valence-electron chi connectivity index (χ2n) is 4.10. The lowest BCUT2D eigenvalue weighted by molar-refractivity contribution is -0.154. The number of rotatable bonds is 2. The summed E-state index contributed by atoms with van der Waals surface area (Å²) in [6, 6.07) is 0. The van der Waals surface area contributed by atoms with E-state index in [4.69, 9.17) is 0 Å². The van der Waals surface area contributed by atoms with E-state index in [0.29, 0.717) is 6.42 Å². The SMILES string of the molecule is COC(=O)C1(C(=O)N=O)CC12CCC2. The first-order valence-electron chi connectivity index (χ1n) is 4.59. The lowest BCUT2D eigenvalue weighted by atomic mass is 9.74. The average Bonchev–Trinajstić information content (AvgIpc) is 2.86. The summed E-state index contributed by atoms with van der Waals surface area (Å²) < 4.78 is 4.57. The van der Waals surface area contributed by atoms with Gasteiger partial charge in [0.1, 0.15) is 0 Å². The van der Waals surface area contributed by atoms with Crippen molar-refractivity contribution in [3.05, 3.63) is 4.91 Å². The number of hydrogen-bond acceptors (Lipinski definition) is 4. The molecule has 0 heterocycles. The van der Waals surface area contributed by atoms with Crippen molar-refractivity contribution in [1.29, 1.82) is 0 Å². The van der Waals surface area contributed by atoms with E-state index >= 15 is 0 Å². The van der Waals surface area contributed by atoms with Crippen molar-refractivity contribution in [1.82, 2.24) is 0 Å². The van der Waals surface area contributed by atoms with Crippen LogP contribution in [0.2, 0.25) is 0 Å². The Morgan fingerprint density at radius 2 is 2.00 bits per heavy atom. The summed E-state index contributed by atoms with van der Waals surface area (Å²) in [4.78, 5) is 33.0. The Bertz CT molecular complexity index is 321. The van der Waals surface area contributed by atoms with Crippen LogP contribution < -0.4 is 0 Å². The highest BCUT2D eigenvalue weighted by atomic mass is 16.5. The Kier molecular flexibility index (Phi) is 1.74. The summed E-state index contributed by atoms with van der Waals surface area (Å²) in [5.41, 5.74) is -1.51. The molecular formula is C9H11NO4. The minimum absolute atomic E-state index is 0.287. The van der Waals surface area contributed by atoms with Gasteiger partial charge in [-0.2, -0.15) is 0 Å². The molecule has 2 aliphatic rings. The summed E-state index contributed by atoms with van der Waals surface area (Å²) in [5.74, 6) is -1.45. The van der Waals surface area contributed by atoms with Crippen LogP contribution in [0.5, 0.6) is 0 Å². The molecule has 0 aromatic heterocycles. The lowest BCUT2D eigenvalue weighted by Gasteiger charge is -2.29. The maximum Gasteiger partial charge on any atom is 0.322 e. The van der Waals surface area contributed by atoms with Gasteiger partial charge >= 0.3 is 11.9 Å². The first-order valence-corrected chi connectivity index (χ1v) is 4.59. The van der Waals surface area contributed by atoms with Crippen molar-refractivity contribution in [2.45, 2.75) is 25.7 Å². The number of carbonyl (C=O) groups excluding carboxylic acids is 2. The molecule has 0 radical (unpaired) electrons. The third-order valence-electron chi connectivity index (χ3n) is 3.68. The molecule has 2 fully saturated rings. The fourth-order valence-corrected chi connectivity index (χ4v) is 2.60. The fraction of sp³-hybridized carbons (Fsp3) is 0.778. The maximum absolute atomic E-state index is 11.5. The van der Waals surface area contributed by atoms with E-state index in [2.05, 4.69) is 9.91 Å². The van der Waals surface area contributed by atoms with Gasteiger partial charge in [0.05, 0.1) is 7.11 Å². The zero-order valence-electron chi connectivity index (χ0n) is 7.91. The fourth-order valence-electron chi connectivity index (χ4n) is 2.60. The van der Waals surface area contributed by atoms with Gasteiger partial charge in [0.2, 0.25) is 0 Å². The van der Waals surface area contributed by atoms with Crippen LogP contribution >= 0.6 is 0 Å². The van der Waals surface area contributed by atoms with Gasteiger partial charge in [-0.25, -0.2) is 0 Å². The molecule has 5 heteroatoms. The summed E-state index contributed by atoms with van der Waals surface area (Å²) in [6.07, 6.45) is 3.09. The van der Waals surface area contributed by atoms with Crippen LogP contribution in [-0.2, 0) is 14.3 Å². The summed E-state index contributed by atoms with van der Waals surface area (Å²) >= 11 is 0. The molecule has 0 aliphatic heterocycles. The molecule has 1 unspecified atom stereocenters. The molecule has 0 saturated heterocycles. The van der Waals surface area contributed by atoms with E-state index in [1.807, 2.05) is 0 Å². The Morgan fingerprint density at radius 1 is 1.36 bits per heavy atom. The Balaban J connectivity index is 2.29. The third-order valence-corrected chi connectivity index (χ3v) is 3.68. The van der Waals surface area contributed by atoms with Gasteiger partial charge in [-0.1, -0.05) is 6.42 Å². The highest BCUT2D eigenvalue weighted by molar-refractivity contribution is 6.07. The Hall–Kier alpha value is -1.26. The monoisotopic (exact) mass is 197 g/mol. The molecular weight excluding hydrogens is 186 g/mol. The molecule has 0 N–H and O–H groups in total. The highest BCUT2D eigenvalue weighted by Crippen LogP contribution is 2.74. The van der Waals surface area contributed by atoms with Crippen molar-refractivity contribution in [3.8, 4) is 0 Å². The largest absolute Gasteiger partial charge is 0.468 e. The minimum atomic E-state index is -1.22. The molecule has 5 nitrogen and oxygen atoms in total. The third kappa shape index (κ3) is 0.798. The zero-order chi connectivity index (χ0) is 10.4. The van der Waals surface area contributed by atoms with Gasteiger partial charge in [-0.05, 0) is 24.7 Å². The number of amides is 1. The second kappa shape index (κ2) is 2.62. The molecule has 0 aromatic rings. The normalized spacial score (nSPS) is 31.8. The summed E-state index contributed by atoms with van der Waals surface area (Å²) in [5, 5.41) is 2.38. The van der Waals surface area contributed by atoms with Crippen LogP contribution in [0.25, 0.3) is 0 Å². The van der Waals surface area contributed by atoms with Gasteiger partial charge in [0.25, 0.3) is 0 Å². The molecule has 1 spiro atoms. The lowest BCUT2D eigenvalue weighted by Crippen LogP contribution is -2.35. The molecule has 2 rings (SSSR count). The number of hydrogen-bond donors (Lipinski definition) is 0. The molecule has 0 bridgehead atoms. The minimum Gasteiger partial charge on any atom is -0.468 e. The predicted molar refractivity (Wildman–Crippen MR) is 46.2 cm³/mol. The van der Waals surface area contributed by atoms with Crippen molar-refractivity contribution >= 4 is 11.9 Å². The predicted octanol–water partition coefficient (Wildman–Crippen LogP) is 1.01. The van der Waals surface area contributed by atoms with E-state index in [0.717, 1.165) is 19.3 Å². The summed E-state index contributed by atoms with van der Waals surface area (Å²) in [6.45, 7) is 0. The van der Waals surface area contributed by atoms with Gasteiger partial charge in [-0.3, -0.25) is 9.59 Å².